The summed E-state index contributed by atoms with van der Waals surface area (Å²) in [5, 5.41) is 0. The maximum absolute atomic E-state index is 12.1. The highest BCUT2D eigenvalue weighted by Gasteiger charge is 2.30. The summed E-state index contributed by atoms with van der Waals surface area (Å²) in [5.41, 5.74) is 3.99. The predicted molar refractivity (Wildman–Crippen MR) is 80.7 cm³/mol. The summed E-state index contributed by atoms with van der Waals surface area (Å²) in [6, 6.07) is 9.61. The maximum atomic E-state index is 12.1. The minimum absolute atomic E-state index is 0.162. The molecule has 1 aliphatic rings. The molecule has 1 aliphatic heterocycles. The molecule has 0 bridgehead atoms. The number of benzene rings is 1. The Morgan fingerprint density at radius 3 is 2.68 bits per heavy atom. The Hall–Kier alpha value is -1.92. The standard InChI is InChI=1S/C16H22N2O4/c1-12(2)14(10-15(19)18-8-9-21-16(18)20)17-22-11-13-6-4-3-5-7-13/h3-7,12,14,17H,8-11H2,1-2H3/t14-/m0/s1. The second kappa shape index (κ2) is 7.91. The van der Waals surface area contributed by atoms with Crippen molar-refractivity contribution in [3.63, 3.8) is 0 Å². The summed E-state index contributed by atoms with van der Waals surface area (Å²) in [5.74, 6) is -0.0460. The van der Waals surface area contributed by atoms with E-state index in [0.29, 0.717) is 13.2 Å². The Morgan fingerprint density at radius 2 is 2.09 bits per heavy atom. The average Bonchev–Trinajstić information content (AvgIpc) is 2.93. The van der Waals surface area contributed by atoms with E-state index < -0.39 is 6.09 Å². The molecule has 1 N–H and O–H groups in total. The number of hydroxylamine groups is 1. The lowest BCUT2D eigenvalue weighted by Gasteiger charge is -2.23. The summed E-state index contributed by atoms with van der Waals surface area (Å²) >= 11 is 0. The molecular weight excluding hydrogens is 284 g/mol. The summed E-state index contributed by atoms with van der Waals surface area (Å²) in [6.45, 7) is 5.02. The van der Waals surface area contributed by atoms with E-state index in [0.717, 1.165) is 10.5 Å². The zero-order valence-electron chi connectivity index (χ0n) is 13.0. The largest absolute Gasteiger partial charge is 0.447 e. The van der Waals surface area contributed by atoms with E-state index in [-0.39, 0.29) is 30.9 Å². The van der Waals surface area contributed by atoms with Gasteiger partial charge in [0.15, 0.2) is 0 Å². The first-order valence-electron chi connectivity index (χ1n) is 7.46. The van der Waals surface area contributed by atoms with Crippen LogP contribution in [0.3, 0.4) is 0 Å². The lowest BCUT2D eigenvalue weighted by molar-refractivity contribution is -0.130. The number of rotatable bonds is 7. The highest BCUT2D eigenvalue weighted by atomic mass is 16.6. The summed E-state index contributed by atoms with van der Waals surface area (Å²) in [7, 11) is 0. The normalized spacial score (nSPS) is 16.0. The van der Waals surface area contributed by atoms with Gasteiger partial charge in [-0.1, -0.05) is 44.2 Å². The van der Waals surface area contributed by atoms with Crippen LogP contribution in [-0.4, -0.2) is 36.1 Å². The van der Waals surface area contributed by atoms with Crippen LogP contribution in [-0.2, 0) is 21.0 Å². The Morgan fingerprint density at radius 1 is 1.36 bits per heavy atom. The number of cyclic esters (lactones) is 1. The molecular formula is C16H22N2O4. The van der Waals surface area contributed by atoms with Crippen molar-refractivity contribution in [1.29, 1.82) is 0 Å². The number of ether oxygens (including phenoxy) is 1. The molecule has 1 heterocycles. The first kappa shape index (κ1) is 16.5. The van der Waals surface area contributed by atoms with Crippen molar-refractivity contribution in [1.82, 2.24) is 10.4 Å². The van der Waals surface area contributed by atoms with Crippen LogP contribution in [0.5, 0.6) is 0 Å². The molecule has 1 aromatic rings. The molecule has 6 heteroatoms. The third-order valence-corrected chi connectivity index (χ3v) is 3.58. The Labute approximate surface area is 130 Å². The zero-order valence-corrected chi connectivity index (χ0v) is 13.0. The van der Waals surface area contributed by atoms with Crippen LogP contribution in [0.15, 0.2) is 30.3 Å². The molecule has 22 heavy (non-hydrogen) atoms. The van der Waals surface area contributed by atoms with Crippen molar-refractivity contribution >= 4 is 12.0 Å². The Kier molecular flexibility index (Phi) is 5.91. The molecule has 0 saturated carbocycles. The lowest BCUT2D eigenvalue weighted by atomic mass is 10.0. The van der Waals surface area contributed by atoms with Crippen molar-refractivity contribution in [2.45, 2.75) is 32.9 Å². The van der Waals surface area contributed by atoms with E-state index in [4.69, 9.17) is 9.57 Å². The summed E-state index contributed by atoms with van der Waals surface area (Å²) in [4.78, 5) is 30.2. The molecule has 0 spiro atoms. The SMILES string of the molecule is CC(C)[C@H](CC(=O)N1CCOC1=O)NOCc1ccccc1. The molecule has 2 amide bonds. The van der Waals surface area contributed by atoms with Crippen LogP contribution in [0.25, 0.3) is 0 Å². The minimum Gasteiger partial charge on any atom is -0.447 e. The highest BCUT2D eigenvalue weighted by Crippen LogP contribution is 2.12. The number of amides is 2. The van der Waals surface area contributed by atoms with E-state index in [1.165, 1.54) is 0 Å². The fraction of sp³-hybridized carbons (Fsp3) is 0.500. The lowest BCUT2D eigenvalue weighted by Crippen LogP contribution is -2.41. The van der Waals surface area contributed by atoms with Crippen LogP contribution in [0.2, 0.25) is 0 Å². The number of imide groups is 1. The quantitative estimate of drug-likeness (QED) is 0.781. The third-order valence-electron chi connectivity index (χ3n) is 3.58. The van der Waals surface area contributed by atoms with Gasteiger partial charge in [-0.25, -0.2) is 9.69 Å². The van der Waals surface area contributed by atoms with Crippen molar-refractivity contribution < 1.29 is 19.2 Å². The molecule has 1 fully saturated rings. The number of carbonyl (C=O) groups excluding carboxylic acids is 2. The fourth-order valence-corrected chi connectivity index (χ4v) is 2.14. The highest BCUT2D eigenvalue weighted by molar-refractivity contribution is 5.93. The van der Waals surface area contributed by atoms with Crippen LogP contribution >= 0.6 is 0 Å². The van der Waals surface area contributed by atoms with Gasteiger partial charge in [0.2, 0.25) is 5.91 Å². The van der Waals surface area contributed by atoms with E-state index in [2.05, 4.69) is 5.48 Å². The number of nitrogens with one attached hydrogen (secondary N) is 1. The van der Waals surface area contributed by atoms with Crippen LogP contribution in [0.4, 0.5) is 4.79 Å². The molecule has 1 saturated heterocycles. The molecule has 6 nitrogen and oxygen atoms in total. The van der Waals surface area contributed by atoms with Crippen LogP contribution in [0, 0.1) is 5.92 Å². The van der Waals surface area contributed by atoms with Crippen molar-refractivity contribution in [3.8, 4) is 0 Å². The topological polar surface area (TPSA) is 67.9 Å². The minimum atomic E-state index is -0.558. The molecule has 1 atom stereocenters. The van der Waals surface area contributed by atoms with Crippen LogP contribution < -0.4 is 5.48 Å². The molecule has 120 valence electrons. The van der Waals surface area contributed by atoms with E-state index >= 15 is 0 Å². The van der Waals surface area contributed by atoms with Gasteiger partial charge in [-0.3, -0.25) is 9.63 Å². The summed E-state index contributed by atoms with van der Waals surface area (Å²) in [6.07, 6.45) is -0.362. The fourth-order valence-electron chi connectivity index (χ4n) is 2.14. The average molecular weight is 306 g/mol. The smallest absolute Gasteiger partial charge is 0.416 e. The van der Waals surface area contributed by atoms with E-state index in [1.54, 1.807) is 0 Å². The molecule has 0 aliphatic carbocycles. The van der Waals surface area contributed by atoms with Gasteiger partial charge in [0, 0.05) is 12.5 Å². The first-order chi connectivity index (χ1) is 10.6. The molecule has 0 aromatic heterocycles. The van der Waals surface area contributed by atoms with Gasteiger partial charge < -0.3 is 4.74 Å². The van der Waals surface area contributed by atoms with E-state index in [1.807, 2.05) is 44.2 Å². The van der Waals surface area contributed by atoms with Gasteiger partial charge in [0.05, 0.1) is 13.2 Å². The Bertz CT molecular complexity index is 504. The van der Waals surface area contributed by atoms with Crippen LogP contribution in [0.1, 0.15) is 25.8 Å². The van der Waals surface area contributed by atoms with E-state index in [9.17, 15) is 9.59 Å². The number of hydrogen-bond donors (Lipinski definition) is 1. The predicted octanol–water partition coefficient (Wildman–Crippen LogP) is 2.10. The number of nitrogens with zero attached hydrogens (tertiary/aromatic N) is 1. The Balaban J connectivity index is 1.82. The van der Waals surface area contributed by atoms with Crippen molar-refractivity contribution in [2.75, 3.05) is 13.2 Å². The number of carbonyl (C=O) groups is 2. The van der Waals surface area contributed by atoms with Gasteiger partial charge >= 0.3 is 6.09 Å². The van der Waals surface area contributed by atoms with Gasteiger partial charge in [0.1, 0.15) is 6.61 Å². The number of hydrogen-bond acceptors (Lipinski definition) is 5. The van der Waals surface area contributed by atoms with Gasteiger partial charge in [0.25, 0.3) is 0 Å². The van der Waals surface area contributed by atoms with Crippen molar-refractivity contribution in [2.24, 2.45) is 5.92 Å². The van der Waals surface area contributed by atoms with Gasteiger partial charge in [-0.15, -0.1) is 0 Å². The summed E-state index contributed by atoms with van der Waals surface area (Å²) < 4.78 is 4.78. The monoisotopic (exact) mass is 306 g/mol. The maximum Gasteiger partial charge on any atom is 0.416 e. The third kappa shape index (κ3) is 4.54. The molecule has 1 aromatic carbocycles. The molecule has 2 rings (SSSR count). The second-order valence-corrected chi connectivity index (χ2v) is 5.61. The second-order valence-electron chi connectivity index (χ2n) is 5.61. The van der Waals surface area contributed by atoms with Crippen molar-refractivity contribution in [3.05, 3.63) is 35.9 Å². The zero-order chi connectivity index (χ0) is 15.9. The first-order valence-corrected chi connectivity index (χ1v) is 7.46. The molecule has 0 radical (unpaired) electrons. The van der Waals surface area contributed by atoms with Gasteiger partial charge in [-0.05, 0) is 11.5 Å². The van der Waals surface area contributed by atoms with Gasteiger partial charge in [-0.2, -0.15) is 5.48 Å². The molecule has 0 unspecified atom stereocenters.